The van der Waals surface area contributed by atoms with Crippen molar-refractivity contribution in [2.75, 3.05) is 20.1 Å². The lowest BCUT2D eigenvalue weighted by atomic mass is 10.2. The third-order valence-corrected chi connectivity index (χ3v) is 5.20. The molecule has 1 amide bonds. The van der Waals surface area contributed by atoms with Crippen LogP contribution in [0.4, 0.5) is 13.2 Å². The highest BCUT2D eigenvalue weighted by molar-refractivity contribution is 7.17. The Morgan fingerprint density at radius 3 is 2.79 bits per heavy atom. The van der Waals surface area contributed by atoms with Gasteiger partial charge in [-0.2, -0.15) is 13.2 Å². The van der Waals surface area contributed by atoms with E-state index in [9.17, 15) is 18.0 Å². The first-order valence-electron chi connectivity index (χ1n) is 7.41. The number of alkyl halides is 3. The Balaban J connectivity index is 1.82. The second-order valence-electron chi connectivity index (χ2n) is 5.67. The zero-order valence-corrected chi connectivity index (χ0v) is 13.9. The van der Waals surface area contributed by atoms with Crippen molar-refractivity contribution in [2.24, 2.45) is 0 Å². The maximum atomic E-state index is 12.8. The molecule has 0 radical (unpaired) electrons. The monoisotopic (exact) mass is 359 g/mol. The summed E-state index contributed by atoms with van der Waals surface area (Å²) >= 11 is 1.13. The molecule has 0 aliphatic carbocycles. The van der Waals surface area contributed by atoms with Crippen molar-refractivity contribution in [3.8, 4) is 10.6 Å². The van der Waals surface area contributed by atoms with Crippen LogP contribution in [-0.4, -0.2) is 42.1 Å². The van der Waals surface area contributed by atoms with Gasteiger partial charge in [0.05, 0.1) is 9.75 Å². The van der Waals surface area contributed by atoms with Gasteiger partial charge in [0.1, 0.15) is 5.69 Å². The lowest BCUT2D eigenvalue weighted by molar-refractivity contribution is -0.156. The summed E-state index contributed by atoms with van der Waals surface area (Å²) in [4.78, 5) is 15.2. The molecule has 1 fully saturated rings. The first kappa shape index (κ1) is 17.0. The van der Waals surface area contributed by atoms with E-state index in [1.165, 1.54) is 6.92 Å². The van der Waals surface area contributed by atoms with Crippen molar-refractivity contribution in [3.63, 3.8) is 0 Å². The minimum atomic E-state index is -4.58. The predicted molar refractivity (Wildman–Crippen MR) is 82.9 cm³/mol. The zero-order valence-electron chi connectivity index (χ0n) is 13.1. The summed E-state index contributed by atoms with van der Waals surface area (Å²) in [6.07, 6.45) is -3.69. The molecule has 1 N–H and O–H groups in total. The van der Waals surface area contributed by atoms with Crippen molar-refractivity contribution in [2.45, 2.75) is 25.6 Å². The molecule has 9 heteroatoms. The lowest BCUT2D eigenvalue weighted by Crippen LogP contribution is -2.33. The number of likely N-dealkylation sites (tertiary alicyclic amines) is 1. The standard InChI is InChI=1S/C15H16F3N3O2S/c1-8-12(20-23-13(8)15(16,17)18)10-3-4-11(24-10)14(22)21-6-5-9(7-21)19-2/h3-4,9,19H,5-7H2,1-2H3. The fourth-order valence-electron chi connectivity index (χ4n) is 2.75. The Labute approximate surface area is 140 Å². The maximum Gasteiger partial charge on any atom is 0.452 e. The quantitative estimate of drug-likeness (QED) is 0.915. The number of halogens is 3. The fraction of sp³-hybridized carbons (Fsp3) is 0.467. The third-order valence-electron chi connectivity index (χ3n) is 4.12. The van der Waals surface area contributed by atoms with Crippen LogP contribution < -0.4 is 5.32 Å². The van der Waals surface area contributed by atoms with Gasteiger partial charge in [0.25, 0.3) is 5.91 Å². The van der Waals surface area contributed by atoms with Gasteiger partial charge in [0, 0.05) is 24.7 Å². The van der Waals surface area contributed by atoms with Crippen molar-refractivity contribution < 1.29 is 22.5 Å². The summed E-state index contributed by atoms with van der Waals surface area (Å²) in [5.74, 6) is -1.21. The normalized spacial score (nSPS) is 18.4. The van der Waals surface area contributed by atoms with Crippen LogP contribution >= 0.6 is 11.3 Å². The number of carbonyl (C=O) groups excluding carboxylic acids is 1. The molecule has 1 aliphatic rings. The number of aromatic nitrogens is 1. The second-order valence-corrected chi connectivity index (χ2v) is 6.76. The maximum absolute atomic E-state index is 12.8. The highest BCUT2D eigenvalue weighted by Gasteiger charge is 2.39. The summed E-state index contributed by atoms with van der Waals surface area (Å²) in [6.45, 7) is 2.61. The number of thiophene rings is 1. The molecule has 2 aromatic rings. The Hall–Kier alpha value is -1.87. The number of hydrogen-bond acceptors (Lipinski definition) is 5. The average molecular weight is 359 g/mol. The second kappa shape index (κ2) is 6.21. The molecule has 0 bridgehead atoms. The van der Waals surface area contributed by atoms with Crippen LogP contribution in [-0.2, 0) is 6.18 Å². The molecular weight excluding hydrogens is 343 g/mol. The molecule has 0 spiro atoms. The minimum Gasteiger partial charge on any atom is -0.351 e. The summed E-state index contributed by atoms with van der Waals surface area (Å²) in [6, 6.07) is 3.51. The largest absolute Gasteiger partial charge is 0.452 e. The van der Waals surface area contributed by atoms with Crippen molar-refractivity contribution >= 4 is 17.2 Å². The minimum absolute atomic E-state index is 0.0697. The Morgan fingerprint density at radius 1 is 1.46 bits per heavy atom. The molecule has 3 rings (SSSR count). The van der Waals surface area contributed by atoms with E-state index in [4.69, 9.17) is 0 Å². The van der Waals surface area contributed by atoms with E-state index in [0.29, 0.717) is 22.8 Å². The van der Waals surface area contributed by atoms with Gasteiger partial charge in [-0.3, -0.25) is 4.79 Å². The number of amides is 1. The van der Waals surface area contributed by atoms with Crippen molar-refractivity contribution in [1.82, 2.24) is 15.4 Å². The Bertz CT molecular complexity index is 753. The zero-order chi connectivity index (χ0) is 17.5. The first-order chi connectivity index (χ1) is 11.3. The van der Waals surface area contributed by atoms with E-state index < -0.39 is 11.9 Å². The summed E-state index contributed by atoms with van der Waals surface area (Å²) in [5.41, 5.74) is 0.0562. The fourth-order valence-corrected chi connectivity index (χ4v) is 3.76. The van der Waals surface area contributed by atoms with Crippen LogP contribution in [0.25, 0.3) is 10.6 Å². The molecule has 3 heterocycles. The van der Waals surface area contributed by atoms with E-state index >= 15 is 0 Å². The van der Waals surface area contributed by atoms with E-state index in [1.807, 2.05) is 7.05 Å². The SMILES string of the molecule is CNC1CCN(C(=O)c2ccc(-c3noc(C(F)(F)F)c3C)s2)C1. The Morgan fingerprint density at radius 2 is 2.21 bits per heavy atom. The molecule has 1 unspecified atom stereocenters. The van der Waals surface area contributed by atoms with E-state index in [2.05, 4.69) is 15.0 Å². The first-order valence-corrected chi connectivity index (χ1v) is 8.23. The number of rotatable bonds is 3. The molecule has 130 valence electrons. The highest BCUT2D eigenvalue weighted by Crippen LogP contribution is 2.38. The summed E-state index contributed by atoms with van der Waals surface area (Å²) in [7, 11) is 1.85. The molecule has 2 aromatic heterocycles. The van der Waals surface area contributed by atoms with Crippen LogP contribution in [0, 0.1) is 6.92 Å². The molecule has 0 aromatic carbocycles. The smallest absolute Gasteiger partial charge is 0.351 e. The van der Waals surface area contributed by atoms with Gasteiger partial charge in [-0.05, 0) is 32.5 Å². The van der Waals surface area contributed by atoms with Crippen LogP contribution in [0.3, 0.4) is 0 Å². The van der Waals surface area contributed by atoms with Crippen molar-refractivity contribution in [3.05, 3.63) is 28.3 Å². The van der Waals surface area contributed by atoms with Crippen LogP contribution in [0.2, 0.25) is 0 Å². The molecule has 1 aliphatic heterocycles. The number of nitrogens with zero attached hydrogens (tertiary/aromatic N) is 2. The molecule has 1 atom stereocenters. The van der Waals surface area contributed by atoms with Crippen LogP contribution in [0.5, 0.6) is 0 Å². The van der Waals surface area contributed by atoms with Gasteiger partial charge in [-0.15, -0.1) is 11.3 Å². The molecule has 24 heavy (non-hydrogen) atoms. The van der Waals surface area contributed by atoms with Gasteiger partial charge in [0.2, 0.25) is 5.76 Å². The summed E-state index contributed by atoms with van der Waals surface area (Å²) < 4.78 is 42.8. The molecule has 0 saturated carbocycles. The number of hydrogen-bond donors (Lipinski definition) is 1. The third kappa shape index (κ3) is 3.05. The molecular formula is C15H16F3N3O2S. The number of nitrogens with one attached hydrogen (secondary N) is 1. The van der Waals surface area contributed by atoms with E-state index in [1.54, 1.807) is 17.0 Å². The van der Waals surface area contributed by atoms with Gasteiger partial charge < -0.3 is 14.7 Å². The van der Waals surface area contributed by atoms with E-state index in [-0.39, 0.29) is 23.2 Å². The number of carbonyl (C=O) groups is 1. The highest BCUT2D eigenvalue weighted by atomic mass is 32.1. The molecule has 5 nitrogen and oxygen atoms in total. The average Bonchev–Trinajstić information content (AvgIpc) is 3.24. The van der Waals surface area contributed by atoms with Gasteiger partial charge in [0.15, 0.2) is 0 Å². The van der Waals surface area contributed by atoms with Crippen LogP contribution in [0.1, 0.15) is 27.4 Å². The van der Waals surface area contributed by atoms with E-state index in [0.717, 1.165) is 17.8 Å². The molecule has 1 saturated heterocycles. The lowest BCUT2D eigenvalue weighted by Gasteiger charge is -2.15. The van der Waals surface area contributed by atoms with Crippen LogP contribution in [0.15, 0.2) is 16.7 Å². The Kier molecular flexibility index (Phi) is 4.39. The van der Waals surface area contributed by atoms with Gasteiger partial charge >= 0.3 is 6.18 Å². The summed E-state index contributed by atoms with van der Waals surface area (Å²) in [5, 5.41) is 6.66. The number of likely N-dealkylation sites (N-methyl/N-ethyl adjacent to an activating group) is 1. The topological polar surface area (TPSA) is 58.4 Å². The predicted octanol–water partition coefficient (Wildman–Crippen LogP) is 3.16. The van der Waals surface area contributed by atoms with Gasteiger partial charge in [-0.25, -0.2) is 0 Å². The van der Waals surface area contributed by atoms with Crippen molar-refractivity contribution in [1.29, 1.82) is 0 Å². The van der Waals surface area contributed by atoms with Gasteiger partial charge in [-0.1, -0.05) is 5.16 Å².